The lowest BCUT2D eigenvalue weighted by Crippen LogP contribution is -2.46. The van der Waals surface area contributed by atoms with Crippen molar-refractivity contribution in [1.82, 2.24) is 9.03 Å². The van der Waals surface area contributed by atoms with Gasteiger partial charge in [-0.1, -0.05) is 44.2 Å². The molecule has 0 spiro atoms. The number of fused-ring (bicyclic) bond motifs is 2. The number of piperidine rings is 1. The number of hydrogen-bond acceptors (Lipinski definition) is 7. The van der Waals surface area contributed by atoms with Gasteiger partial charge in [-0.05, 0) is 79.6 Å². The largest absolute Gasteiger partial charge is 0.478 e. The molecule has 232 valence electrons. The van der Waals surface area contributed by atoms with Crippen LogP contribution in [0.4, 0.5) is 0 Å². The first-order valence-electron chi connectivity index (χ1n) is 14.1. The van der Waals surface area contributed by atoms with Crippen LogP contribution in [0, 0.1) is 6.92 Å². The summed E-state index contributed by atoms with van der Waals surface area (Å²) in [4.78, 5) is 11.7. The summed E-state index contributed by atoms with van der Waals surface area (Å²) in [6, 6.07) is 15.0. The zero-order chi connectivity index (χ0) is 31.4. The van der Waals surface area contributed by atoms with Gasteiger partial charge in [0.25, 0.3) is 0 Å². The number of benzene rings is 3. The summed E-state index contributed by atoms with van der Waals surface area (Å²) in [6.45, 7) is 5.86. The van der Waals surface area contributed by atoms with Gasteiger partial charge in [-0.3, -0.25) is 9.11 Å². The SMILES string of the molecule is CCC1(CC)c2ccccc2S(O)(O)c2cc(S(=O)(=O)NC3CCN(S(=O)(=O)c4cccc(C(=O)O)c4)CC3)c(C)cc21. The topological polar surface area (TPSA) is 161 Å². The average molecular weight is 649 g/mol. The van der Waals surface area contributed by atoms with E-state index in [0.29, 0.717) is 23.3 Å². The summed E-state index contributed by atoms with van der Waals surface area (Å²) in [6.07, 6.45) is 1.79. The second-order valence-corrected chi connectivity index (χ2v) is 16.7. The number of carbonyl (C=O) groups is 1. The number of carboxylic acids is 1. The van der Waals surface area contributed by atoms with Crippen molar-refractivity contribution in [3.63, 3.8) is 0 Å². The van der Waals surface area contributed by atoms with E-state index in [9.17, 15) is 35.8 Å². The fourth-order valence-electron chi connectivity index (χ4n) is 6.39. The van der Waals surface area contributed by atoms with Crippen LogP contribution < -0.4 is 4.72 Å². The third-order valence-electron chi connectivity index (χ3n) is 8.80. The van der Waals surface area contributed by atoms with E-state index >= 15 is 0 Å². The van der Waals surface area contributed by atoms with Gasteiger partial charge in [-0.2, -0.15) is 4.31 Å². The lowest BCUT2D eigenvalue weighted by molar-refractivity contribution is 0.0696. The van der Waals surface area contributed by atoms with Crippen LogP contribution in [-0.4, -0.2) is 60.5 Å². The molecule has 10 nitrogen and oxygen atoms in total. The van der Waals surface area contributed by atoms with E-state index in [2.05, 4.69) is 4.72 Å². The molecule has 5 rings (SSSR count). The van der Waals surface area contributed by atoms with Gasteiger partial charge in [0.05, 0.1) is 25.1 Å². The molecular formula is C30H36N2O8S3. The number of aromatic carboxylic acids is 1. The summed E-state index contributed by atoms with van der Waals surface area (Å²) in [5.41, 5.74) is 1.40. The lowest BCUT2D eigenvalue weighted by Gasteiger charge is -2.48. The molecule has 2 aliphatic heterocycles. The summed E-state index contributed by atoms with van der Waals surface area (Å²) < 4.78 is 80.6. The van der Waals surface area contributed by atoms with Crippen LogP contribution in [0.3, 0.4) is 0 Å². The number of nitrogens with zero attached hydrogens (tertiary/aromatic N) is 1. The summed E-state index contributed by atoms with van der Waals surface area (Å²) in [7, 11) is -11.6. The van der Waals surface area contributed by atoms with Gasteiger partial charge in [0.15, 0.2) is 0 Å². The van der Waals surface area contributed by atoms with Crippen molar-refractivity contribution in [3.8, 4) is 0 Å². The number of rotatable bonds is 8. The van der Waals surface area contributed by atoms with Crippen LogP contribution in [0.1, 0.15) is 66.6 Å². The Morgan fingerprint density at radius 1 is 0.930 bits per heavy atom. The fraction of sp³-hybridized carbons (Fsp3) is 0.367. The van der Waals surface area contributed by atoms with Gasteiger partial charge in [0, 0.05) is 24.5 Å². The molecule has 0 saturated carbocycles. The quantitative estimate of drug-likeness (QED) is 0.252. The van der Waals surface area contributed by atoms with Gasteiger partial charge < -0.3 is 5.11 Å². The first-order chi connectivity index (χ1) is 20.2. The van der Waals surface area contributed by atoms with Crippen molar-refractivity contribution >= 4 is 36.6 Å². The minimum absolute atomic E-state index is 0.0445. The average Bonchev–Trinajstić information content (AvgIpc) is 2.98. The highest BCUT2D eigenvalue weighted by Gasteiger charge is 2.45. The van der Waals surface area contributed by atoms with Crippen LogP contribution in [0.2, 0.25) is 0 Å². The molecule has 1 saturated heterocycles. The van der Waals surface area contributed by atoms with Gasteiger partial charge >= 0.3 is 5.97 Å². The third-order valence-corrected chi connectivity index (χ3v) is 14.3. The summed E-state index contributed by atoms with van der Waals surface area (Å²) >= 11 is 0. The molecule has 43 heavy (non-hydrogen) atoms. The third kappa shape index (κ3) is 5.30. The molecular weight excluding hydrogens is 613 g/mol. The van der Waals surface area contributed by atoms with Crippen LogP contribution in [0.15, 0.2) is 80.2 Å². The molecule has 13 heteroatoms. The molecule has 0 atom stereocenters. The first kappa shape index (κ1) is 31.6. The molecule has 0 radical (unpaired) electrons. The Labute approximate surface area is 254 Å². The molecule has 4 N–H and O–H groups in total. The Morgan fingerprint density at radius 2 is 1.58 bits per heavy atom. The zero-order valence-corrected chi connectivity index (χ0v) is 26.6. The van der Waals surface area contributed by atoms with Gasteiger partial charge in [0.2, 0.25) is 20.0 Å². The van der Waals surface area contributed by atoms with Crippen molar-refractivity contribution in [2.45, 2.75) is 77.5 Å². The molecule has 0 aliphatic carbocycles. The number of hydrogen-bond donors (Lipinski definition) is 4. The molecule has 2 aliphatic rings. The van der Waals surface area contributed by atoms with E-state index in [1.807, 2.05) is 26.0 Å². The smallest absolute Gasteiger partial charge is 0.335 e. The Morgan fingerprint density at radius 3 is 2.21 bits per heavy atom. The van der Waals surface area contributed by atoms with E-state index < -0.39 is 48.1 Å². The fourth-order valence-corrected chi connectivity index (χ4v) is 11.5. The molecule has 3 aromatic carbocycles. The van der Waals surface area contributed by atoms with E-state index in [1.54, 1.807) is 25.1 Å². The first-order valence-corrected chi connectivity index (χ1v) is 18.5. The highest BCUT2D eigenvalue weighted by molar-refractivity contribution is 8.24. The van der Waals surface area contributed by atoms with Crippen molar-refractivity contribution in [2.24, 2.45) is 0 Å². The van der Waals surface area contributed by atoms with Gasteiger partial charge in [-0.15, -0.1) is 10.6 Å². The minimum Gasteiger partial charge on any atom is -0.478 e. The molecule has 2 heterocycles. The van der Waals surface area contributed by atoms with Gasteiger partial charge in [0.1, 0.15) is 0 Å². The summed E-state index contributed by atoms with van der Waals surface area (Å²) in [5, 5.41) is 9.23. The number of nitrogens with one attached hydrogen (secondary N) is 1. The predicted octanol–water partition coefficient (Wildman–Crippen LogP) is 5.41. The lowest BCUT2D eigenvalue weighted by atomic mass is 9.70. The highest BCUT2D eigenvalue weighted by Crippen LogP contribution is 2.66. The second kappa shape index (κ2) is 11.3. The standard InChI is InChI=1S/C30H36N2O8S3/c1-4-30(5-2)24-11-6-7-12-26(24)41(35,36)28-19-27(20(3)17-25(28)30)42(37,38)31-22-13-15-32(16-14-22)43(39,40)23-10-8-9-21(18-23)29(33)34/h6-12,17-19,22,31,35-36H,4-5,13-16H2,1-3H3,(H,33,34). The molecule has 0 aromatic heterocycles. The van der Waals surface area contributed by atoms with Gasteiger partial charge in [-0.25, -0.2) is 26.4 Å². The Kier molecular flexibility index (Phi) is 8.31. The van der Waals surface area contributed by atoms with E-state index in [4.69, 9.17) is 0 Å². The number of sulfonamides is 2. The minimum atomic E-state index is -4.11. The molecule has 1 fully saturated rings. The van der Waals surface area contributed by atoms with Crippen molar-refractivity contribution in [2.75, 3.05) is 13.1 Å². The van der Waals surface area contributed by atoms with Crippen LogP contribution in [-0.2, 0) is 25.5 Å². The maximum absolute atomic E-state index is 13.7. The molecule has 0 amide bonds. The second-order valence-electron chi connectivity index (χ2n) is 11.1. The maximum Gasteiger partial charge on any atom is 0.335 e. The Bertz CT molecular complexity index is 1790. The normalized spacial score (nSPS) is 19.3. The maximum atomic E-state index is 13.7. The monoisotopic (exact) mass is 648 g/mol. The van der Waals surface area contributed by atoms with Crippen molar-refractivity contribution < 1.29 is 35.8 Å². The highest BCUT2D eigenvalue weighted by atomic mass is 32.3. The molecule has 0 unspecified atom stereocenters. The molecule has 0 bridgehead atoms. The van der Waals surface area contributed by atoms with Crippen LogP contribution in [0.25, 0.3) is 0 Å². The van der Waals surface area contributed by atoms with Crippen LogP contribution in [0.5, 0.6) is 0 Å². The Balaban J connectivity index is 1.41. The van der Waals surface area contributed by atoms with Crippen molar-refractivity contribution in [1.29, 1.82) is 0 Å². The zero-order valence-electron chi connectivity index (χ0n) is 24.1. The predicted molar refractivity (Wildman–Crippen MR) is 164 cm³/mol. The van der Waals surface area contributed by atoms with Crippen LogP contribution >= 0.6 is 10.6 Å². The number of aryl methyl sites for hydroxylation is 1. The summed E-state index contributed by atoms with van der Waals surface area (Å²) in [5.74, 6) is -1.23. The van der Waals surface area contributed by atoms with E-state index in [1.165, 1.54) is 28.6 Å². The van der Waals surface area contributed by atoms with E-state index in [0.717, 1.165) is 17.2 Å². The number of carboxylic acid groups (broad SMARTS) is 1. The van der Waals surface area contributed by atoms with Crippen molar-refractivity contribution in [3.05, 3.63) is 82.9 Å². The van der Waals surface area contributed by atoms with E-state index in [-0.39, 0.29) is 46.2 Å². The Hall–Kier alpha value is -2.78. The molecule has 3 aromatic rings.